The van der Waals surface area contributed by atoms with Crippen molar-refractivity contribution < 1.29 is 23.1 Å². The van der Waals surface area contributed by atoms with Crippen molar-refractivity contribution in [2.75, 3.05) is 6.61 Å². The standard InChI is InChI=1S/C8H9ClO5S2/c1-3-14-7(11)5-4(2)15-8(6(5)10)16(9,12)13/h10H,3H2,1-2H3. The molecule has 1 rings (SSSR count). The van der Waals surface area contributed by atoms with Crippen LogP contribution in [0.4, 0.5) is 0 Å². The van der Waals surface area contributed by atoms with Crippen LogP contribution in [0.5, 0.6) is 5.75 Å². The topological polar surface area (TPSA) is 80.7 Å². The maximum atomic E-state index is 11.4. The Morgan fingerprint density at radius 3 is 2.50 bits per heavy atom. The van der Waals surface area contributed by atoms with Crippen LogP contribution in [0.2, 0.25) is 0 Å². The van der Waals surface area contributed by atoms with Gasteiger partial charge < -0.3 is 9.84 Å². The molecule has 16 heavy (non-hydrogen) atoms. The second-order valence-corrected chi connectivity index (χ2v) is 6.81. The Labute approximate surface area is 101 Å². The highest BCUT2D eigenvalue weighted by Crippen LogP contribution is 2.39. The Balaban J connectivity index is 3.34. The third-order valence-electron chi connectivity index (χ3n) is 1.73. The molecular formula is C8H9ClO5S2. The van der Waals surface area contributed by atoms with Gasteiger partial charge in [0.1, 0.15) is 5.56 Å². The van der Waals surface area contributed by atoms with Crippen molar-refractivity contribution in [1.82, 2.24) is 0 Å². The molecule has 5 nitrogen and oxygen atoms in total. The van der Waals surface area contributed by atoms with E-state index in [0.717, 1.165) is 11.3 Å². The van der Waals surface area contributed by atoms with E-state index >= 15 is 0 Å². The monoisotopic (exact) mass is 284 g/mol. The number of aryl methyl sites for hydroxylation is 1. The summed E-state index contributed by atoms with van der Waals surface area (Å²) in [6, 6.07) is 0. The fourth-order valence-corrected chi connectivity index (χ4v) is 3.48. The summed E-state index contributed by atoms with van der Waals surface area (Å²) < 4.78 is 26.4. The SMILES string of the molecule is CCOC(=O)c1c(C)sc(S(=O)(=O)Cl)c1O. The minimum absolute atomic E-state index is 0.135. The van der Waals surface area contributed by atoms with E-state index in [0.29, 0.717) is 4.88 Å². The molecule has 8 heteroatoms. The Bertz CT molecular complexity index is 517. The predicted octanol–water partition coefficient (Wildman–Crippen LogP) is 1.87. The number of esters is 1. The second-order valence-electron chi connectivity index (χ2n) is 2.83. The highest BCUT2D eigenvalue weighted by Gasteiger charge is 2.28. The number of hydrogen-bond acceptors (Lipinski definition) is 6. The first kappa shape index (κ1) is 13.3. The smallest absolute Gasteiger partial charge is 0.343 e. The fraction of sp³-hybridized carbons (Fsp3) is 0.375. The van der Waals surface area contributed by atoms with Gasteiger partial charge in [-0.3, -0.25) is 0 Å². The zero-order valence-corrected chi connectivity index (χ0v) is 10.9. The van der Waals surface area contributed by atoms with Gasteiger partial charge in [0.15, 0.2) is 9.96 Å². The molecule has 0 unspecified atom stereocenters. The molecule has 0 aliphatic heterocycles. The van der Waals surface area contributed by atoms with Crippen molar-refractivity contribution >= 4 is 37.0 Å². The van der Waals surface area contributed by atoms with Crippen molar-refractivity contribution in [3.63, 3.8) is 0 Å². The van der Waals surface area contributed by atoms with Gasteiger partial charge in [-0.25, -0.2) is 13.2 Å². The van der Waals surface area contributed by atoms with E-state index in [4.69, 9.17) is 10.7 Å². The van der Waals surface area contributed by atoms with Crippen molar-refractivity contribution in [2.24, 2.45) is 0 Å². The third kappa shape index (κ3) is 2.47. The van der Waals surface area contributed by atoms with E-state index < -0.39 is 25.0 Å². The lowest BCUT2D eigenvalue weighted by Crippen LogP contribution is -2.05. The van der Waals surface area contributed by atoms with E-state index in [1.807, 2.05) is 0 Å². The molecule has 0 saturated carbocycles. The molecule has 0 saturated heterocycles. The number of halogens is 1. The van der Waals surface area contributed by atoms with Crippen molar-refractivity contribution in [1.29, 1.82) is 0 Å². The number of ether oxygens (including phenoxy) is 1. The van der Waals surface area contributed by atoms with Gasteiger partial charge >= 0.3 is 5.97 Å². The average Bonchev–Trinajstić information content (AvgIpc) is 2.41. The number of carbonyl (C=O) groups excluding carboxylic acids is 1. The molecule has 1 heterocycles. The van der Waals surface area contributed by atoms with Gasteiger partial charge in [-0.15, -0.1) is 11.3 Å². The molecule has 1 aromatic heterocycles. The Morgan fingerprint density at radius 1 is 1.56 bits per heavy atom. The molecule has 1 N–H and O–H groups in total. The van der Waals surface area contributed by atoms with E-state index in [1.54, 1.807) is 6.92 Å². The Hall–Kier alpha value is -0.790. The van der Waals surface area contributed by atoms with E-state index in [1.165, 1.54) is 6.92 Å². The van der Waals surface area contributed by atoms with Crippen molar-refractivity contribution in [3.8, 4) is 5.75 Å². The van der Waals surface area contributed by atoms with Gasteiger partial charge in [0.25, 0.3) is 9.05 Å². The summed E-state index contributed by atoms with van der Waals surface area (Å²) in [7, 11) is 1.05. The highest BCUT2D eigenvalue weighted by atomic mass is 35.7. The molecule has 1 aromatic rings. The minimum atomic E-state index is -4.05. The predicted molar refractivity (Wildman–Crippen MR) is 59.7 cm³/mol. The van der Waals surface area contributed by atoms with Crippen LogP contribution >= 0.6 is 22.0 Å². The van der Waals surface area contributed by atoms with Crippen LogP contribution in [0, 0.1) is 6.92 Å². The number of rotatable bonds is 3. The van der Waals surface area contributed by atoms with E-state index in [2.05, 4.69) is 4.74 Å². The number of hydrogen-bond donors (Lipinski definition) is 1. The summed E-state index contributed by atoms with van der Waals surface area (Å²) in [5.41, 5.74) is -0.147. The Morgan fingerprint density at radius 2 is 2.12 bits per heavy atom. The van der Waals surface area contributed by atoms with Gasteiger partial charge in [-0.05, 0) is 13.8 Å². The number of carbonyl (C=O) groups is 1. The molecule has 90 valence electrons. The molecule has 0 aliphatic rings. The van der Waals surface area contributed by atoms with Gasteiger partial charge in [0.2, 0.25) is 0 Å². The first-order valence-corrected chi connectivity index (χ1v) is 7.35. The van der Waals surface area contributed by atoms with Crippen molar-refractivity contribution in [2.45, 2.75) is 18.1 Å². The normalized spacial score (nSPS) is 11.4. The van der Waals surface area contributed by atoms with Crippen LogP contribution in [0.25, 0.3) is 0 Å². The summed E-state index contributed by atoms with van der Waals surface area (Å²) in [5, 5.41) is 9.59. The first-order valence-electron chi connectivity index (χ1n) is 4.23. The summed E-state index contributed by atoms with van der Waals surface area (Å²) in [6.07, 6.45) is 0. The summed E-state index contributed by atoms with van der Waals surface area (Å²) in [4.78, 5) is 11.8. The van der Waals surface area contributed by atoms with Crippen LogP contribution in [0.1, 0.15) is 22.2 Å². The minimum Gasteiger partial charge on any atom is -0.505 e. The fourth-order valence-electron chi connectivity index (χ4n) is 1.12. The molecule has 0 radical (unpaired) electrons. The molecule has 0 atom stereocenters. The van der Waals surface area contributed by atoms with E-state index in [-0.39, 0.29) is 12.2 Å². The van der Waals surface area contributed by atoms with Crippen LogP contribution in [-0.4, -0.2) is 26.1 Å². The van der Waals surface area contributed by atoms with Crippen LogP contribution in [0.3, 0.4) is 0 Å². The zero-order valence-electron chi connectivity index (χ0n) is 8.48. The van der Waals surface area contributed by atoms with Gasteiger partial charge in [0.05, 0.1) is 6.61 Å². The third-order valence-corrected chi connectivity index (χ3v) is 4.90. The molecule has 0 spiro atoms. The molecular weight excluding hydrogens is 276 g/mol. The Kier molecular flexibility index (Phi) is 3.82. The molecule has 0 aliphatic carbocycles. The summed E-state index contributed by atoms with van der Waals surface area (Å²) >= 11 is 0.731. The second kappa shape index (κ2) is 4.60. The molecule has 0 fully saturated rings. The lowest BCUT2D eigenvalue weighted by molar-refractivity contribution is 0.0523. The van der Waals surface area contributed by atoms with E-state index in [9.17, 15) is 18.3 Å². The number of thiophene rings is 1. The van der Waals surface area contributed by atoms with Gasteiger partial charge in [-0.1, -0.05) is 0 Å². The maximum Gasteiger partial charge on any atom is 0.343 e. The number of aromatic hydroxyl groups is 1. The van der Waals surface area contributed by atoms with Crippen LogP contribution in [-0.2, 0) is 13.8 Å². The van der Waals surface area contributed by atoms with Crippen LogP contribution < -0.4 is 0 Å². The average molecular weight is 285 g/mol. The van der Waals surface area contributed by atoms with Crippen molar-refractivity contribution in [3.05, 3.63) is 10.4 Å². The van der Waals surface area contributed by atoms with Gasteiger partial charge in [0, 0.05) is 15.6 Å². The van der Waals surface area contributed by atoms with Crippen LogP contribution in [0.15, 0.2) is 4.21 Å². The lowest BCUT2D eigenvalue weighted by Gasteiger charge is -2.01. The summed E-state index contributed by atoms with van der Waals surface area (Å²) in [6.45, 7) is 3.24. The summed E-state index contributed by atoms with van der Waals surface area (Å²) in [5.74, 6) is -1.41. The quantitative estimate of drug-likeness (QED) is 0.677. The first-order chi connectivity index (χ1) is 7.29. The molecule has 0 amide bonds. The maximum absolute atomic E-state index is 11.4. The largest absolute Gasteiger partial charge is 0.505 e. The molecule has 0 aromatic carbocycles. The highest BCUT2D eigenvalue weighted by molar-refractivity contribution is 8.15. The zero-order chi connectivity index (χ0) is 12.5. The molecule has 0 bridgehead atoms. The lowest BCUT2D eigenvalue weighted by atomic mass is 10.2. The van der Waals surface area contributed by atoms with Gasteiger partial charge in [-0.2, -0.15) is 0 Å².